The molecule has 2 N–H and O–H groups in total. The molecule has 33 heavy (non-hydrogen) atoms. The minimum atomic E-state index is 0.0495. The van der Waals surface area contributed by atoms with Crippen LogP contribution in [0.4, 0.5) is 0 Å². The molecule has 0 bridgehead atoms. The van der Waals surface area contributed by atoms with Crippen molar-refractivity contribution in [3.8, 4) is 5.75 Å². The highest BCUT2D eigenvalue weighted by molar-refractivity contribution is 5.86. The summed E-state index contributed by atoms with van der Waals surface area (Å²) in [6, 6.07) is 16.9. The zero-order valence-corrected chi connectivity index (χ0v) is 19.8. The van der Waals surface area contributed by atoms with Crippen molar-refractivity contribution in [1.82, 2.24) is 15.2 Å². The summed E-state index contributed by atoms with van der Waals surface area (Å²) < 4.78 is 5.49. The number of carbonyl (C=O) groups excluding carboxylic acids is 1. The fourth-order valence-corrected chi connectivity index (χ4v) is 5.97. The van der Waals surface area contributed by atoms with Crippen LogP contribution in [0.2, 0.25) is 0 Å². The van der Waals surface area contributed by atoms with E-state index in [1.165, 1.54) is 35.0 Å². The molecule has 5 nitrogen and oxygen atoms in total. The van der Waals surface area contributed by atoms with Crippen molar-refractivity contribution in [3.05, 3.63) is 65.4 Å². The highest BCUT2D eigenvalue weighted by Gasteiger charge is 2.39. The molecule has 1 fully saturated rings. The van der Waals surface area contributed by atoms with Crippen molar-refractivity contribution >= 4 is 16.8 Å². The van der Waals surface area contributed by atoms with Crippen LogP contribution in [0.5, 0.6) is 5.75 Å². The molecule has 5 heteroatoms. The summed E-state index contributed by atoms with van der Waals surface area (Å²) >= 11 is 0. The number of H-pyrrole nitrogens is 1. The number of hydrogen-bond donors (Lipinski definition) is 2. The fourth-order valence-electron chi connectivity index (χ4n) is 5.97. The SMILES string of the molecule is CCC(C[C@@H]1CCCN2CCc3c([nH]c4ccc(OC)cc34)C12)C(=O)NCc1ccccc1. The van der Waals surface area contributed by atoms with Crippen LogP contribution >= 0.6 is 0 Å². The number of methoxy groups -OCH3 is 1. The Balaban J connectivity index is 1.36. The molecule has 0 radical (unpaired) electrons. The van der Waals surface area contributed by atoms with Gasteiger partial charge >= 0.3 is 0 Å². The van der Waals surface area contributed by atoms with Crippen LogP contribution < -0.4 is 10.1 Å². The fraction of sp³-hybridized carbons (Fsp3) is 0.464. The number of hydrogen-bond acceptors (Lipinski definition) is 3. The zero-order chi connectivity index (χ0) is 22.8. The van der Waals surface area contributed by atoms with Crippen molar-refractivity contribution in [2.45, 2.75) is 51.6 Å². The molecular weight excluding hydrogens is 410 g/mol. The number of rotatable bonds is 7. The standard InChI is InChI=1S/C28H35N3O2/c1-3-20(28(32)29-18-19-8-5-4-6-9-19)16-21-10-7-14-31-15-13-23-24-17-22(33-2)11-12-25(24)30-26(23)27(21)31/h4-6,8-9,11-12,17,20-21,27,30H,3,7,10,13-16,18H2,1-2H3,(H,29,32)/t20?,21-,27?/m0/s1. The first-order valence-electron chi connectivity index (χ1n) is 12.4. The summed E-state index contributed by atoms with van der Waals surface area (Å²) in [5.41, 5.74) is 5.15. The molecule has 2 aromatic carbocycles. The lowest BCUT2D eigenvalue weighted by Crippen LogP contribution is -2.44. The quantitative estimate of drug-likeness (QED) is 0.524. The first kappa shape index (κ1) is 22.0. The predicted molar refractivity (Wildman–Crippen MR) is 132 cm³/mol. The van der Waals surface area contributed by atoms with Crippen molar-refractivity contribution in [2.75, 3.05) is 20.2 Å². The van der Waals surface area contributed by atoms with Crippen molar-refractivity contribution in [1.29, 1.82) is 0 Å². The van der Waals surface area contributed by atoms with Gasteiger partial charge in [0.15, 0.2) is 0 Å². The Morgan fingerprint density at radius 1 is 1.21 bits per heavy atom. The predicted octanol–water partition coefficient (Wildman–Crippen LogP) is 5.22. The molecule has 0 aliphatic carbocycles. The third kappa shape index (κ3) is 4.39. The maximum Gasteiger partial charge on any atom is 0.223 e. The summed E-state index contributed by atoms with van der Waals surface area (Å²) in [5.74, 6) is 1.64. The Morgan fingerprint density at radius 3 is 2.85 bits per heavy atom. The van der Waals surface area contributed by atoms with Gasteiger partial charge in [0.25, 0.3) is 0 Å². The van der Waals surface area contributed by atoms with Crippen molar-refractivity contribution in [2.24, 2.45) is 11.8 Å². The largest absolute Gasteiger partial charge is 0.497 e. The normalized spacial score (nSPS) is 21.3. The molecule has 174 valence electrons. The second-order valence-electron chi connectivity index (χ2n) is 9.61. The Bertz CT molecular complexity index is 1110. The molecule has 1 saturated heterocycles. The minimum absolute atomic E-state index is 0.0495. The molecule has 0 spiro atoms. The van der Waals surface area contributed by atoms with Crippen LogP contribution in [0.25, 0.3) is 10.9 Å². The van der Waals surface area contributed by atoms with Gasteiger partial charge in [-0.25, -0.2) is 0 Å². The lowest BCUT2D eigenvalue weighted by Gasteiger charge is -2.45. The van der Waals surface area contributed by atoms with E-state index in [2.05, 4.69) is 46.4 Å². The Labute approximate surface area is 196 Å². The number of carbonyl (C=O) groups is 1. The van der Waals surface area contributed by atoms with Gasteiger partial charge in [0.1, 0.15) is 5.75 Å². The van der Waals surface area contributed by atoms with Crippen LogP contribution in [-0.4, -0.2) is 36.0 Å². The second kappa shape index (κ2) is 9.60. The number of amides is 1. The number of benzene rings is 2. The smallest absolute Gasteiger partial charge is 0.223 e. The first-order chi connectivity index (χ1) is 16.2. The van der Waals surface area contributed by atoms with Gasteiger partial charge in [-0.3, -0.25) is 9.69 Å². The molecule has 3 heterocycles. The van der Waals surface area contributed by atoms with E-state index in [4.69, 9.17) is 4.74 Å². The molecule has 5 rings (SSSR count). The number of ether oxygens (including phenoxy) is 1. The molecule has 0 saturated carbocycles. The van der Waals surface area contributed by atoms with Gasteiger partial charge in [-0.1, -0.05) is 37.3 Å². The first-order valence-corrected chi connectivity index (χ1v) is 12.4. The molecule has 2 unspecified atom stereocenters. The summed E-state index contributed by atoms with van der Waals surface area (Å²) in [6.45, 7) is 4.99. The van der Waals surface area contributed by atoms with Gasteiger partial charge in [0, 0.05) is 35.6 Å². The average molecular weight is 446 g/mol. The second-order valence-corrected chi connectivity index (χ2v) is 9.61. The molecule has 2 aliphatic rings. The average Bonchev–Trinajstić information content (AvgIpc) is 3.24. The van der Waals surface area contributed by atoms with Crippen LogP contribution in [0, 0.1) is 11.8 Å². The van der Waals surface area contributed by atoms with Crippen molar-refractivity contribution < 1.29 is 9.53 Å². The Kier molecular flexibility index (Phi) is 6.41. The number of aromatic amines is 1. The number of aromatic nitrogens is 1. The van der Waals surface area contributed by atoms with E-state index in [0.717, 1.165) is 43.7 Å². The van der Waals surface area contributed by atoms with E-state index in [0.29, 0.717) is 18.5 Å². The third-order valence-corrected chi connectivity index (χ3v) is 7.71. The van der Waals surface area contributed by atoms with Crippen LogP contribution in [0.1, 0.15) is 55.5 Å². The van der Waals surface area contributed by atoms with E-state index in [-0.39, 0.29) is 11.8 Å². The van der Waals surface area contributed by atoms with Crippen LogP contribution in [0.3, 0.4) is 0 Å². The summed E-state index contributed by atoms with van der Waals surface area (Å²) in [7, 11) is 1.73. The lowest BCUT2D eigenvalue weighted by atomic mass is 9.77. The zero-order valence-electron chi connectivity index (χ0n) is 19.8. The molecule has 3 aromatic rings. The number of nitrogens with one attached hydrogen (secondary N) is 2. The van der Waals surface area contributed by atoms with Gasteiger partial charge < -0.3 is 15.0 Å². The number of piperidine rings is 1. The molecule has 1 aromatic heterocycles. The Morgan fingerprint density at radius 2 is 2.06 bits per heavy atom. The van der Waals surface area contributed by atoms with Crippen LogP contribution in [-0.2, 0) is 17.8 Å². The maximum atomic E-state index is 13.1. The highest BCUT2D eigenvalue weighted by Crippen LogP contribution is 2.45. The number of fused-ring (bicyclic) bond motifs is 5. The Hall–Kier alpha value is -2.79. The van der Waals surface area contributed by atoms with Gasteiger partial charge in [-0.05, 0) is 73.9 Å². The van der Waals surface area contributed by atoms with Crippen LogP contribution in [0.15, 0.2) is 48.5 Å². The summed E-state index contributed by atoms with van der Waals surface area (Å²) in [4.78, 5) is 19.5. The lowest BCUT2D eigenvalue weighted by molar-refractivity contribution is -0.126. The van der Waals surface area contributed by atoms with Gasteiger partial charge in [0.2, 0.25) is 5.91 Å². The molecule has 3 atom stereocenters. The molecule has 2 aliphatic heterocycles. The van der Waals surface area contributed by atoms with Gasteiger partial charge in [0.05, 0.1) is 13.2 Å². The van der Waals surface area contributed by atoms with Gasteiger partial charge in [-0.15, -0.1) is 0 Å². The van der Waals surface area contributed by atoms with E-state index >= 15 is 0 Å². The van der Waals surface area contributed by atoms with E-state index in [9.17, 15) is 4.79 Å². The van der Waals surface area contributed by atoms with Gasteiger partial charge in [-0.2, -0.15) is 0 Å². The maximum absolute atomic E-state index is 13.1. The summed E-state index contributed by atoms with van der Waals surface area (Å²) in [6.07, 6.45) is 5.28. The van der Waals surface area contributed by atoms with E-state index < -0.39 is 0 Å². The third-order valence-electron chi connectivity index (χ3n) is 7.71. The molecule has 1 amide bonds. The minimum Gasteiger partial charge on any atom is -0.497 e. The summed E-state index contributed by atoms with van der Waals surface area (Å²) in [5, 5.41) is 4.48. The highest BCUT2D eigenvalue weighted by atomic mass is 16.5. The van der Waals surface area contributed by atoms with E-state index in [1.807, 2.05) is 24.3 Å². The number of nitrogens with zero attached hydrogens (tertiary/aromatic N) is 1. The van der Waals surface area contributed by atoms with Crippen molar-refractivity contribution in [3.63, 3.8) is 0 Å². The topological polar surface area (TPSA) is 57.4 Å². The molecular formula is C28H35N3O2. The van der Waals surface area contributed by atoms with E-state index in [1.54, 1.807) is 7.11 Å². The monoisotopic (exact) mass is 445 g/mol.